The number of ether oxygens (including phenoxy) is 1. The fourth-order valence-corrected chi connectivity index (χ4v) is 2.53. The minimum absolute atomic E-state index is 0.286. The first-order valence-electron chi connectivity index (χ1n) is 7.13. The van der Waals surface area contributed by atoms with E-state index in [1.54, 1.807) is 30.5 Å². The van der Waals surface area contributed by atoms with Crippen LogP contribution in [0.25, 0.3) is 0 Å². The van der Waals surface area contributed by atoms with Crippen molar-refractivity contribution in [3.8, 4) is 0 Å². The molecular formula is C17H14F3NO3S. The Morgan fingerprint density at radius 1 is 1.08 bits per heavy atom. The molecule has 2 rings (SSSR count). The molecule has 2 aromatic carbocycles. The number of carbonyl (C=O) groups excluding carboxylic acids is 2. The molecule has 0 unspecified atom stereocenters. The van der Waals surface area contributed by atoms with Crippen LogP contribution in [0, 0.1) is 17.5 Å². The zero-order valence-electron chi connectivity index (χ0n) is 13.3. The fraction of sp³-hybridized carbons (Fsp3) is 0.176. The number of anilines is 1. The van der Waals surface area contributed by atoms with Crippen LogP contribution >= 0.6 is 11.8 Å². The molecule has 0 radical (unpaired) electrons. The third-order valence-corrected chi connectivity index (χ3v) is 4.07. The molecule has 8 heteroatoms. The van der Waals surface area contributed by atoms with Gasteiger partial charge in [-0.05, 0) is 37.4 Å². The molecule has 0 saturated carbocycles. The maximum Gasteiger partial charge on any atom is 0.340 e. The predicted octanol–water partition coefficient (Wildman–Crippen LogP) is 4.01. The fourth-order valence-electron chi connectivity index (χ4n) is 1.95. The zero-order valence-corrected chi connectivity index (χ0v) is 14.1. The van der Waals surface area contributed by atoms with Crippen molar-refractivity contribution in [3.63, 3.8) is 0 Å². The van der Waals surface area contributed by atoms with Gasteiger partial charge in [-0.15, -0.1) is 11.8 Å². The van der Waals surface area contributed by atoms with Crippen molar-refractivity contribution in [2.24, 2.45) is 0 Å². The van der Waals surface area contributed by atoms with Crippen LogP contribution in [0.15, 0.2) is 41.3 Å². The molecule has 0 spiro atoms. The van der Waals surface area contributed by atoms with Crippen LogP contribution in [0.4, 0.5) is 18.9 Å². The van der Waals surface area contributed by atoms with Gasteiger partial charge in [0, 0.05) is 4.90 Å². The second-order valence-corrected chi connectivity index (χ2v) is 5.81. The van der Waals surface area contributed by atoms with Gasteiger partial charge in [-0.1, -0.05) is 12.1 Å². The Hall–Kier alpha value is -2.48. The van der Waals surface area contributed by atoms with Crippen LogP contribution in [0.5, 0.6) is 0 Å². The topological polar surface area (TPSA) is 55.4 Å². The maximum atomic E-state index is 13.6. The Morgan fingerprint density at radius 3 is 2.44 bits per heavy atom. The third-order valence-electron chi connectivity index (χ3n) is 3.27. The molecule has 0 saturated heterocycles. The summed E-state index contributed by atoms with van der Waals surface area (Å²) in [4.78, 5) is 24.8. The van der Waals surface area contributed by atoms with E-state index in [4.69, 9.17) is 4.74 Å². The lowest BCUT2D eigenvalue weighted by atomic mass is 10.2. The molecule has 1 N–H and O–H groups in total. The molecule has 0 aliphatic carbocycles. The van der Waals surface area contributed by atoms with Gasteiger partial charge >= 0.3 is 5.97 Å². The number of carbonyl (C=O) groups is 2. The van der Waals surface area contributed by atoms with E-state index in [2.05, 4.69) is 5.32 Å². The highest BCUT2D eigenvalue weighted by Gasteiger charge is 2.22. The van der Waals surface area contributed by atoms with E-state index >= 15 is 0 Å². The van der Waals surface area contributed by atoms with Gasteiger partial charge in [-0.25, -0.2) is 18.0 Å². The molecule has 0 aliphatic heterocycles. The van der Waals surface area contributed by atoms with Crippen molar-refractivity contribution in [1.82, 2.24) is 0 Å². The highest BCUT2D eigenvalue weighted by Crippen LogP contribution is 2.22. The normalized spacial score (nSPS) is 11.7. The first kappa shape index (κ1) is 18.9. The number of esters is 1. The summed E-state index contributed by atoms with van der Waals surface area (Å²) < 4.78 is 44.7. The molecule has 4 nitrogen and oxygen atoms in total. The van der Waals surface area contributed by atoms with Crippen molar-refractivity contribution >= 4 is 29.3 Å². The molecule has 0 aliphatic rings. The van der Waals surface area contributed by atoms with Crippen LogP contribution in [-0.4, -0.2) is 24.2 Å². The van der Waals surface area contributed by atoms with E-state index in [1.165, 1.54) is 18.7 Å². The number of hydrogen-bond acceptors (Lipinski definition) is 4. The smallest absolute Gasteiger partial charge is 0.340 e. The van der Waals surface area contributed by atoms with Crippen LogP contribution in [0.1, 0.15) is 17.3 Å². The van der Waals surface area contributed by atoms with E-state index in [-0.39, 0.29) is 5.56 Å². The Morgan fingerprint density at radius 2 is 1.76 bits per heavy atom. The molecule has 0 heterocycles. The van der Waals surface area contributed by atoms with E-state index in [1.807, 2.05) is 0 Å². The average molecular weight is 369 g/mol. The average Bonchev–Trinajstić information content (AvgIpc) is 2.61. The molecule has 1 atom stereocenters. The summed E-state index contributed by atoms with van der Waals surface area (Å²) in [7, 11) is 0. The highest BCUT2D eigenvalue weighted by molar-refractivity contribution is 7.98. The molecule has 2 aromatic rings. The summed E-state index contributed by atoms with van der Waals surface area (Å²) >= 11 is 1.34. The number of nitrogens with one attached hydrogen (secondary N) is 1. The summed E-state index contributed by atoms with van der Waals surface area (Å²) in [5.41, 5.74) is -0.259. The van der Waals surface area contributed by atoms with Gasteiger partial charge in [0.1, 0.15) is 0 Å². The molecule has 0 aromatic heterocycles. The van der Waals surface area contributed by atoms with Crippen LogP contribution in [0.2, 0.25) is 0 Å². The summed E-state index contributed by atoms with van der Waals surface area (Å²) in [5.74, 6) is -6.20. The van der Waals surface area contributed by atoms with E-state index in [0.717, 1.165) is 6.07 Å². The first-order chi connectivity index (χ1) is 11.8. The number of hydrogen-bond donors (Lipinski definition) is 1. The Labute approximate surface area is 146 Å². The molecule has 25 heavy (non-hydrogen) atoms. The quantitative estimate of drug-likeness (QED) is 0.492. The van der Waals surface area contributed by atoms with Gasteiger partial charge in [-0.2, -0.15) is 0 Å². The third kappa shape index (κ3) is 4.33. The lowest BCUT2D eigenvalue weighted by Gasteiger charge is -2.15. The van der Waals surface area contributed by atoms with Crippen LogP contribution < -0.4 is 5.32 Å². The minimum atomic E-state index is -1.70. The molecule has 0 bridgehead atoms. The van der Waals surface area contributed by atoms with Gasteiger partial charge in [0.15, 0.2) is 23.6 Å². The Kier molecular flexibility index (Phi) is 6.08. The van der Waals surface area contributed by atoms with Gasteiger partial charge in [0.2, 0.25) is 0 Å². The van der Waals surface area contributed by atoms with Gasteiger partial charge in [0.25, 0.3) is 5.91 Å². The van der Waals surface area contributed by atoms with E-state index in [9.17, 15) is 22.8 Å². The van der Waals surface area contributed by atoms with Gasteiger partial charge in [-0.3, -0.25) is 4.79 Å². The molecule has 1 amide bonds. The Bertz CT molecular complexity index is 814. The van der Waals surface area contributed by atoms with Crippen LogP contribution in [-0.2, 0) is 9.53 Å². The lowest BCUT2D eigenvalue weighted by molar-refractivity contribution is -0.123. The van der Waals surface area contributed by atoms with Crippen molar-refractivity contribution in [3.05, 3.63) is 59.4 Å². The highest BCUT2D eigenvalue weighted by atomic mass is 32.2. The second-order valence-electron chi connectivity index (χ2n) is 4.96. The van der Waals surface area contributed by atoms with Crippen molar-refractivity contribution in [2.75, 3.05) is 11.6 Å². The van der Waals surface area contributed by atoms with Crippen molar-refractivity contribution in [2.45, 2.75) is 17.9 Å². The number of amides is 1. The zero-order chi connectivity index (χ0) is 18.6. The summed E-state index contributed by atoms with van der Waals surface area (Å²) in [6.45, 7) is 1.28. The van der Waals surface area contributed by atoms with Crippen molar-refractivity contribution in [1.29, 1.82) is 0 Å². The standard InChI is InChI=1S/C17H14F3NO3S/c1-9(24-17(23)10-5-3-4-6-13(10)25-2)16(22)21-12-8-7-11(18)14(19)15(12)20/h3-9H,1-2H3,(H,21,22)/t9-/m0/s1. The predicted molar refractivity (Wildman–Crippen MR) is 88.0 cm³/mol. The largest absolute Gasteiger partial charge is 0.449 e. The summed E-state index contributed by atoms with van der Waals surface area (Å²) in [5, 5.41) is 2.06. The minimum Gasteiger partial charge on any atom is -0.449 e. The molecule has 0 fully saturated rings. The number of benzene rings is 2. The first-order valence-corrected chi connectivity index (χ1v) is 8.36. The van der Waals surface area contributed by atoms with Crippen LogP contribution in [0.3, 0.4) is 0 Å². The molecule has 132 valence electrons. The molecular weight excluding hydrogens is 355 g/mol. The second kappa shape index (κ2) is 8.06. The lowest BCUT2D eigenvalue weighted by Crippen LogP contribution is -2.30. The number of halogens is 3. The SMILES string of the molecule is CSc1ccccc1C(=O)O[C@@H](C)C(=O)Nc1ccc(F)c(F)c1F. The van der Waals surface area contributed by atoms with Crippen molar-refractivity contribution < 1.29 is 27.5 Å². The van der Waals surface area contributed by atoms with E-state index < -0.39 is 41.1 Å². The van der Waals surface area contributed by atoms with Gasteiger partial charge < -0.3 is 10.1 Å². The van der Waals surface area contributed by atoms with Gasteiger partial charge in [0.05, 0.1) is 11.3 Å². The summed E-state index contributed by atoms with van der Waals surface area (Å²) in [6, 6.07) is 8.24. The number of rotatable bonds is 5. The maximum absolute atomic E-state index is 13.6. The number of thioether (sulfide) groups is 1. The monoisotopic (exact) mass is 369 g/mol. The summed E-state index contributed by atoms with van der Waals surface area (Å²) in [6.07, 6.45) is 0.517. The van der Waals surface area contributed by atoms with E-state index in [0.29, 0.717) is 11.0 Å². The Balaban J connectivity index is 2.08.